The summed E-state index contributed by atoms with van der Waals surface area (Å²) in [4.78, 5) is 2.73. The number of rotatable bonds is 3. The molecule has 6 unspecified atom stereocenters. The van der Waals surface area contributed by atoms with E-state index in [0.717, 1.165) is 17.9 Å². The maximum atomic E-state index is 6.01. The molecule has 4 aliphatic rings. The maximum Gasteiger partial charge on any atom is 0.0760 e. The minimum Gasteiger partial charge on any atom is -0.372 e. The van der Waals surface area contributed by atoms with E-state index in [0.29, 0.717) is 24.3 Å². The summed E-state index contributed by atoms with van der Waals surface area (Å²) in [5.74, 6) is 2.00. The first-order chi connectivity index (χ1) is 10.3. The topological polar surface area (TPSA) is 24.5 Å². The predicted octanol–water partition coefficient (Wildman–Crippen LogP) is 2.79. The van der Waals surface area contributed by atoms with Gasteiger partial charge in [0.25, 0.3) is 0 Å². The summed E-state index contributed by atoms with van der Waals surface area (Å²) >= 11 is 0. The number of hydrogen-bond acceptors (Lipinski definition) is 3. The lowest BCUT2D eigenvalue weighted by atomic mass is 9.67. The Kier molecular flexibility index (Phi) is 4.01. The zero-order chi connectivity index (χ0) is 14.4. The molecule has 4 rings (SSSR count). The van der Waals surface area contributed by atoms with Crippen molar-refractivity contribution in [2.24, 2.45) is 11.8 Å². The van der Waals surface area contributed by atoms with Gasteiger partial charge in [0.1, 0.15) is 0 Å². The highest BCUT2D eigenvalue weighted by Gasteiger charge is 2.50. The van der Waals surface area contributed by atoms with E-state index in [4.69, 9.17) is 4.74 Å². The fourth-order valence-electron chi connectivity index (χ4n) is 5.90. The van der Waals surface area contributed by atoms with E-state index in [1.807, 2.05) is 0 Å². The molecule has 0 aromatic rings. The van der Waals surface area contributed by atoms with Gasteiger partial charge in [-0.3, -0.25) is 4.90 Å². The zero-order valence-corrected chi connectivity index (χ0v) is 13.8. The molecule has 0 radical (unpaired) electrons. The van der Waals surface area contributed by atoms with Crippen LogP contribution in [0.25, 0.3) is 0 Å². The van der Waals surface area contributed by atoms with Crippen molar-refractivity contribution >= 4 is 0 Å². The van der Waals surface area contributed by atoms with Gasteiger partial charge in [0.05, 0.1) is 18.2 Å². The van der Waals surface area contributed by atoms with Gasteiger partial charge in [0.15, 0.2) is 0 Å². The summed E-state index contributed by atoms with van der Waals surface area (Å²) in [5.41, 5.74) is 0. The number of hydrogen-bond donors (Lipinski definition) is 1. The van der Waals surface area contributed by atoms with Crippen LogP contribution in [0, 0.1) is 11.8 Å². The van der Waals surface area contributed by atoms with Crippen LogP contribution in [0.15, 0.2) is 0 Å². The van der Waals surface area contributed by atoms with Crippen molar-refractivity contribution in [3.05, 3.63) is 0 Å². The SMILES string of the molecule is CNC1CC2CCCCC2CC1N(C)C1C2CCCC1O2. The van der Waals surface area contributed by atoms with Gasteiger partial charge >= 0.3 is 0 Å². The summed E-state index contributed by atoms with van der Waals surface area (Å²) in [6.45, 7) is 0. The first-order valence-electron chi connectivity index (χ1n) is 9.32. The highest BCUT2D eigenvalue weighted by Crippen LogP contribution is 2.45. The van der Waals surface area contributed by atoms with E-state index >= 15 is 0 Å². The van der Waals surface area contributed by atoms with Gasteiger partial charge in [0, 0.05) is 12.1 Å². The van der Waals surface area contributed by atoms with Gasteiger partial charge in [0.2, 0.25) is 0 Å². The second-order valence-corrected chi connectivity index (χ2v) is 8.04. The lowest BCUT2D eigenvalue weighted by Crippen LogP contribution is -2.68. The lowest BCUT2D eigenvalue weighted by Gasteiger charge is -2.57. The zero-order valence-electron chi connectivity index (χ0n) is 13.8. The van der Waals surface area contributed by atoms with E-state index in [-0.39, 0.29) is 0 Å². The number of nitrogens with one attached hydrogen (secondary N) is 1. The Morgan fingerprint density at radius 3 is 2.19 bits per heavy atom. The first kappa shape index (κ1) is 14.5. The molecule has 3 heteroatoms. The average molecular weight is 292 g/mol. The molecule has 1 N–H and O–H groups in total. The van der Waals surface area contributed by atoms with Crippen molar-refractivity contribution in [3.8, 4) is 0 Å². The summed E-state index contributed by atoms with van der Waals surface area (Å²) in [5, 5.41) is 3.65. The third-order valence-electron chi connectivity index (χ3n) is 7.08. The van der Waals surface area contributed by atoms with Crippen molar-refractivity contribution in [2.75, 3.05) is 14.1 Å². The standard InChI is InChI=1S/C18H32N2O/c1-19-14-10-12-6-3-4-7-13(12)11-15(14)20(2)18-16-8-5-9-17(18)21-16/h12-19H,3-11H2,1-2H3. The fraction of sp³-hybridized carbons (Fsp3) is 1.00. The third kappa shape index (κ3) is 2.46. The molecule has 2 bridgehead atoms. The Labute approximate surface area is 129 Å². The number of nitrogens with zero attached hydrogens (tertiary/aromatic N) is 1. The van der Waals surface area contributed by atoms with E-state index in [2.05, 4.69) is 24.3 Å². The Balaban J connectivity index is 1.47. The first-order valence-corrected chi connectivity index (χ1v) is 9.32. The van der Waals surface area contributed by atoms with E-state index in [1.54, 1.807) is 0 Å². The van der Waals surface area contributed by atoms with Crippen molar-refractivity contribution in [3.63, 3.8) is 0 Å². The van der Waals surface area contributed by atoms with Crippen LogP contribution in [0.3, 0.4) is 0 Å². The highest BCUT2D eigenvalue weighted by molar-refractivity contribution is 5.04. The van der Waals surface area contributed by atoms with E-state index < -0.39 is 0 Å². The molecule has 0 aromatic carbocycles. The summed E-state index contributed by atoms with van der Waals surface area (Å²) in [6, 6.07) is 2.13. The molecule has 3 saturated carbocycles. The largest absolute Gasteiger partial charge is 0.372 e. The van der Waals surface area contributed by atoms with Crippen LogP contribution < -0.4 is 5.32 Å². The van der Waals surface area contributed by atoms with Crippen LogP contribution in [0.4, 0.5) is 0 Å². The molecule has 120 valence electrons. The van der Waals surface area contributed by atoms with Gasteiger partial charge in [-0.15, -0.1) is 0 Å². The molecular formula is C18H32N2O. The van der Waals surface area contributed by atoms with E-state index in [9.17, 15) is 0 Å². The highest BCUT2D eigenvalue weighted by atomic mass is 16.5. The third-order valence-corrected chi connectivity index (χ3v) is 7.08. The molecule has 0 spiro atoms. The predicted molar refractivity (Wildman–Crippen MR) is 85.4 cm³/mol. The maximum absolute atomic E-state index is 6.01. The molecule has 0 amide bonds. The molecule has 21 heavy (non-hydrogen) atoms. The molecule has 0 aromatic heterocycles. The van der Waals surface area contributed by atoms with Crippen LogP contribution in [0.1, 0.15) is 57.8 Å². The van der Waals surface area contributed by atoms with Crippen molar-refractivity contribution in [1.29, 1.82) is 0 Å². The van der Waals surface area contributed by atoms with Gasteiger partial charge in [-0.2, -0.15) is 0 Å². The molecule has 6 atom stereocenters. The monoisotopic (exact) mass is 292 g/mol. The second-order valence-electron chi connectivity index (χ2n) is 8.04. The van der Waals surface area contributed by atoms with Crippen molar-refractivity contribution in [1.82, 2.24) is 10.2 Å². The number of ether oxygens (including phenoxy) is 1. The molecule has 1 aliphatic heterocycles. The van der Waals surface area contributed by atoms with Crippen molar-refractivity contribution in [2.45, 2.75) is 88.1 Å². The molecule has 3 nitrogen and oxygen atoms in total. The van der Waals surface area contributed by atoms with Crippen LogP contribution >= 0.6 is 0 Å². The van der Waals surface area contributed by atoms with Gasteiger partial charge < -0.3 is 10.1 Å². The molecule has 4 fully saturated rings. The summed E-state index contributed by atoms with van der Waals surface area (Å²) < 4.78 is 6.01. The number of fused-ring (bicyclic) bond motifs is 3. The Morgan fingerprint density at radius 2 is 1.57 bits per heavy atom. The average Bonchev–Trinajstić information content (AvgIpc) is 2.54. The minimum atomic E-state index is 0.537. The Morgan fingerprint density at radius 1 is 0.905 bits per heavy atom. The molecule has 1 saturated heterocycles. The normalized spacial score (nSPS) is 49.6. The minimum absolute atomic E-state index is 0.537. The van der Waals surface area contributed by atoms with Crippen LogP contribution in [-0.4, -0.2) is 49.3 Å². The van der Waals surface area contributed by atoms with Crippen LogP contribution in [0.5, 0.6) is 0 Å². The second kappa shape index (κ2) is 5.82. The Hall–Kier alpha value is -0.120. The number of likely N-dealkylation sites (N-methyl/N-ethyl adjacent to an activating group) is 2. The quantitative estimate of drug-likeness (QED) is 0.865. The molecule has 1 heterocycles. The molecular weight excluding hydrogens is 260 g/mol. The summed E-state index contributed by atoms with van der Waals surface area (Å²) in [6.07, 6.45) is 13.8. The van der Waals surface area contributed by atoms with Crippen LogP contribution in [0.2, 0.25) is 0 Å². The van der Waals surface area contributed by atoms with E-state index in [1.165, 1.54) is 57.8 Å². The van der Waals surface area contributed by atoms with Gasteiger partial charge in [-0.05, 0) is 58.0 Å². The summed E-state index contributed by atoms with van der Waals surface area (Å²) in [7, 11) is 4.56. The lowest BCUT2D eigenvalue weighted by molar-refractivity contribution is -0.227. The van der Waals surface area contributed by atoms with Gasteiger partial charge in [-0.25, -0.2) is 0 Å². The van der Waals surface area contributed by atoms with Crippen molar-refractivity contribution < 1.29 is 4.74 Å². The Bertz CT molecular complexity index is 360. The smallest absolute Gasteiger partial charge is 0.0760 e. The fourth-order valence-corrected chi connectivity index (χ4v) is 5.90. The molecule has 3 aliphatic carbocycles. The van der Waals surface area contributed by atoms with Crippen LogP contribution in [-0.2, 0) is 4.74 Å². The van der Waals surface area contributed by atoms with Gasteiger partial charge in [-0.1, -0.05) is 25.7 Å².